The summed E-state index contributed by atoms with van der Waals surface area (Å²) < 4.78 is 0. The largest absolute Gasteiger partial charge is 0.321 e. The number of rotatable bonds is 2. The molecule has 0 saturated carbocycles. The van der Waals surface area contributed by atoms with Gasteiger partial charge < -0.3 is 4.90 Å². The maximum absolute atomic E-state index is 13.2. The van der Waals surface area contributed by atoms with E-state index in [1.54, 1.807) is 0 Å². The highest BCUT2D eigenvalue weighted by molar-refractivity contribution is 6.30. The van der Waals surface area contributed by atoms with Crippen LogP contribution in [0.1, 0.15) is 48.4 Å². The zero-order valence-corrected chi connectivity index (χ0v) is 15.7. The van der Waals surface area contributed by atoms with Crippen LogP contribution in [0.4, 0.5) is 0 Å². The van der Waals surface area contributed by atoms with Crippen LogP contribution in [-0.4, -0.2) is 26.5 Å². The van der Waals surface area contributed by atoms with E-state index in [2.05, 4.69) is 10.2 Å². The van der Waals surface area contributed by atoms with Gasteiger partial charge in [-0.15, -0.1) is 0 Å². The minimum absolute atomic E-state index is 0.0350. The molecule has 5 heteroatoms. The van der Waals surface area contributed by atoms with Crippen LogP contribution in [0.3, 0.4) is 0 Å². The summed E-state index contributed by atoms with van der Waals surface area (Å²) in [6.45, 7) is 6.14. The van der Waals surface area contributed by atoms with E-state index in [9.17, 15) is 4.79 Å². The number of benzene rings is 2. The Bertz CT molecular complexity index is 972. The summed E-state index contributed by atoms with van der Waals surface area (Å²) in [6.07, 6.45) is 0. The molecule has 132 valence electrons. The van der Waals surface area contributed by atoms with E-state index in [1.165, 1.54) is 0 Å². The van der Waals surface area contributed by atoms with Crippen LogP contribution in [0.5, 0.6) is 0 Å². The Morgan fingerprint density at radius 1 is 1.08 bits per heavy atom. The number of aromatic amines is 1. The number of aromatic nitrogens is 2. The molecule has 0 aliphatic carbocycles. The van der Waals surface area contributed by atoms with Crippen molar-refractivity contribution in [2.45, 2.75) is 32.4 Å². The molecule has 1 unspecified atom stereocenters. The van der Waals surface area contributed by atoms with Gasteiger partial charge in [0.2, 0.25) is 0 Å². The van der Waals surface area contributed by atoms with Crippen LogP contribution in [-0.2, 0) is 0 Å². The molecule has 4 rings (SSSR count). The number of nitrogens with zero attached hydrogens (tertiary/aromatic N) is 2. The van der Waals surface area contributed by atoms with Crippen molar-refractivity contribution >= 4 is 17.5 Å². The van der Waals surface area contributed by atoms with E-state index < -0.39 is 0 Å². The van der Waals surface area contributed by atoms with E-state index in [0.717, 1.165) is 22.4 Å². The molecule has 1 amide bonds. The average molecular weight is 366 g/mol. The van der Waals surface area contributed by atoms with Crippen molar-refractivity contribution < 1.29 is 4.79 Å². The van der Waals surface area contributed by atoms with Gasteiger partial charge in [0.25, 0.3) is 5.91 Å². The first kappa shape index (κ1) is 16.9. The van der Waals surface area contributed by atoms with Gasteiger partial charge in [0.05, 0.1) is 11.7 Å². The SMILES string of the molecule is CC(C)(C)N1C(=O)c2[nH]nc(-c3ccccc3)c2C1c1cccc(Cl)c1. The third-order valence-corrected chi connectivity index (χ3v) is 4.94. The molecule has 0 saturated heterocycles. The number of H-pyrrole nitrogens is 1. The maximum Gasteiger partial charge on any atom is 0.273 e. The molecule has 4 nitrogen and oxygen atoms in total. The van der Waals surface area contributed by atoms with Crippen LogP contribution in [0, 0.1) is 0 Å². The highest BCUT2D eigenvalue weighted by atomic mass is 35.5. The summed E-state index contributed by atoms with van der Waals surface area (Å²) in [4.78, 5) is 15.1. The lowest BCUT2D eigenvalue weighted by molar-refractivity contribution is 0.0546. The molecule has 26 heavy (non-hydrogen) atoms. The molecule has 2 aromatic carbocycles. The first-order chi connectivity index (χ1) is 12.4. The quantitative estimate of drug-likeness (QED) is 0.688. The Balaban J connectivity index is 1.96. The molecule has 1 aliphatic heterocycles. The number of halogens is 1. The molecule has 1 atom stereocenters. The number of amides is 1. The molecular weight excluding hydrogens is 346 g/mol. The Morgan fingerprint density at radius 2 is 1.81 bits per heavy atom. The minimum Gasteiger partial charge on any atom is -0.321 e. The van der Waals surface area contributed by atoms with Gasteiger partial charge in [-0.25, -0.2) is 0 Å². The molecule has 1 aromatic heterocycles. The molecule has 1 N–H and O–H groups in total. The number of hydrogen-bond donors (Lipinski definition) is 1. The van der Waals surface area contributed by atoms with Gasteiger partial charge in [-0.05, 0) is 38.5 Å². The zero-order chi connectivity index (χ0) is 18.5. The molecule has 3 aromatic rings. The first-order valence-electron chi connectivity index (χ1n) is 8.61. The highest BCUT2D eigenvalue weighted by Gasteiger charge is 2.46. The minimum atomic E-state index is -0.349. The van der Waals surface area contributed by atoms with Crippen LogP contribution in [0.2, 0.25) is 5.02 Å². The van der Waals surface area contributed by atoms with Crippen LogP contribution >= 0.6 is 11.6 Å². The Labute approximate surface area is 157 Å². The van der Waals surface area contributed by atoms with Crippen molar-refractivity contribution in [1.82, 2.24) is 15.1 Å². The van der Waals surface area contributed by atoms with E-state index in [0.29, 0.717) is 10.7 Å². The first-order valence-corrected chi connectivity index (χ1v) is 8.98. The fourth-order valence-electron chi connectivity index (χ4n) is 3.65. The smallest absolute Gasteiger partial charge is 0.273 e. The summed E-state index contributed by atoms with van der Waals surface area (Å²) in [5.41, 5.74) is 3.91. The fourth-order valence-corrected chi connectivity index (χ4v) is 3.85. The zero-order valence-electron chi connectivity index (χ0n) is 15.0. The molecule has 0 fully saturated rings. The second-order valence-electron chi connectivity index (χ2n) is 7.53. The molecule has 1 aliphatic rings. The van der Waals surface area contributed by atoms with Crippen molar-refractivity contribution in [1.29, 1.82) is 0 Å². The number of hydrogen-bond acceptors (Lipinski definition) is 2. The second kappa shape index (κ2) is 5.99. The lowest BCUT2D eigenvalue weighted by atomic mass is 9.94. The van der Waals surface area contributed by atoms with Gasteiger partial charge in [-0.3, -0.25) is 9.89 Å². The van der Waals surface area contributed by atoms with E-state index in [4.69, 9.17) is 11.6 Å². The second-order valence-corrected chi connectivity index (χ2v) is 7.97. The number of nitrogens with one attached hydrogen (secondary N) is 1. The maximum atomic E-state index is 13.2. The van der Waals surface area contributed by atoms with Gasteiger partial charge >= 0.3 is 0 Å². The van der Waals surface area contributed by atoms with Crippen molar-refractivity contribution in [3.8, 4) is 11.3 Å². The van der Waals surface area contributed by atoms with Crippen LogP contribution in [0.15, 0.2) is 54.6 Å². The van der Waals surface area contributed by atoms with Gasteiger partial charge in [0.15, 0.2) is 0 Å². The predicted octanol–water partition coefficient (Wildman–Crippen LogP) is 5.07. The third kappa shape index (κ3) is 2.61. The summed E-state index contributed by atoms with van der Waals surface area (Å²) in [6, 6.07) is 17.4. The fraction of sp³-hybridized carbons (Fsp3) is 0.238. The van der Waals surface area contributed by atoms with Crippen molar-refractivity contribution in [2.24, 2.45) is 0 Å². The highest BCUT2D eigenvalue weighted by Crippen LogP contribution is 2.46. The lowest BCUT2D eigenvalue weighted by Gasteiger charge is -2.37. The monoisotopic (exact) mass is 365 g/mol. The standard InChI is InChI=1S/C21H20ClN3O/c1-21(2,3)25-19(14-10-7-11-15(22)12-14)16-17(13-8-5-4-6-9-13)23-24-18(16)20(25)26/h4-12,19H,1-3H3,(H,23,24). The Hall–Kier alpha value is -2.59. The van der Waals surface area contributed by atoms with Gasteiger partial charge in [0.1, 0.15) is 5.69 Å². The average Bonchev–Trinajstić information content (AvgIpc) is 3.14. The van der Waals surface area contributed by atoms with E-state index in [1.807, 2.05) is 80.3 Å². The summed E-state index contributed by atoms with van der Waals surface area (Å²) >= 11 is 6.25. The van der Waals surface area contributed by atoms with Crippen molar-refractivity contribution in [3.05, 3.63) is 76.4 Å². The summed E-state index contributed by atoms with van der Waals surface area (Å²) in [5.74, 6) is -0.0350. The summed E-state index contributed by atoms with van der Waals surface area (Å²) in [7, 11) is 0. The molecule has 0 bridgehead atoms. The number of carbonyl (C=O) groups is 1. The Morgan fingerprint density at radius 3 is 2.46 bits per heavy atom. The number of carbonyl (C=O) groups excluding carboxylic acids is 1. The third-order valence-electron chi connectivity index (χ3n) is 4.70. The van der Waals surface area contributed by atoms with Gasteiger partial charge in [-0.2, -0.15) is 5.10 Å². The van der Waals surface area contributed by atoms with Crippen molar-refractivity contribution in [3.63, 3.8) is 0 Å². The van der Waals surface area contributed by atoms with Crippen LogP contribution < -0.4 is 0 Å². The van der Waals surface area contributed by atoms with E-state index in [-0.39, 0.29) is 17.5 Å². The predicted molar refractivity (Wildman–Crippen MR) is 103 cm³/mol. The summed E-state index contributed by atoms with van der Waals surface area (Å²) in [5, 5.41) is 8.10. The molecule has 0 spiro atoms. The van der Waals surface area contributed by atoms with Crippen LogP contribution in [0.25, 0.3) is 11.3 Å². The lowest BCUT2D eigenvalue weighted by Crippen LogP contribution is -2.44. The van der Waals surface area contributed by atoms with E-state index >= 15 is 0 Å². The number of fused-ring (bicyclic) bond motifs is 1. The topological polar surface area (TPSA) is 49.0 Å². The van der Waals surface area contributed by atoms with Crippen molar-refractivity contribution in [2.75, 3.05) is 0 Å². The van der Waals surface area contributed by atoms with Gasteiger partial charge in [0, 0.05) is 21.7 Å². The normalized spacial score (nSPS) is 16.8. The molecular formula is C21H20ClN3O. The van der Waals surface area contributed by atoms with Gasteiger partial charge in [-0.1, -0.05) is 54.1 Å². The molecule has 2 heterocycles. The Kier molecular flexibility index (Phi) is 3.88. The molecule has 0 radical (unpaired) electrons.